The largest absolute Gasteiger partial charge is 0.456 e. The van der Waals surface area contributed by atoms with Crippen LogP contribution in [0.1, 0.15) is 0 Å². The SMILES string of the molecule is c1ccc(N(c2ccccc2)c2ccc3oc4cc(N(c5ccccc5)c5ccc6sc7c8ccccc8ccc7c6c5)ccc4c3c2)cc1. The lowest BCUT2D eigenvalue weighted by atomic mass is 10.1. The van der Waals surface area contributed by atoms with Gasteiger partial charge in [-0.1, -0.05) is 91.0 Å². The molecule has 0 spiro atoms. The molecule has 0 saturated heterocycles. The molecule has 0 amide bonds. The molecule has 2 heterocycles. The van der Waals surface area contributed by atoms with Crippen molar-refractivity contribution < 1.29 is 4.42 Å². The van der Waals surface area contributed by atoms with E-state index in [0.717, 1.165) is 56.1 Å². The van der Waals surface area contributed by atoms with Crippen LogP contribution in [0.4, 0.5) is 34.1 Å². The fourth-order valence-corrected chi connectivity index (χ4v) is 8.51. The summed E-state index contributed by atoms with van der Waals surface area (Å²) in [5, 5.41) is 7.32. The van der Waals surface area contributed by atoms with E-state index >= 15 is 0 Å². The van der Waals surface area contributed by atoms with Gasteiger partial charge in [0.25, 0.3) is 0 Å². The van der Waals surface area contributed by atoms with Crippen molar-refractivity contribution in [1.29, 1.82) is 0 Å². The van der Waals surface area contributed by atoms with E-state index in [1.165, 1.54) is 30.9 Å². The van der Waals surface area contributed by atoms with Gasteiger partial charge < -0.3 is 14.2 Å². The number of anilines is 6. The molecule has 8 aromatic carbocycles. The molecule has 0 fully saturated rings. The molecule has 50 heavy (non-hydrogen) atoms. The molecular weight excluding hydrogens is 629 g/mol. The summed E-state index contributed by atoms with van der Waals surface area (Å²) in [6.45, 7) is 0. The molecule has 2 aromatic heterocycles. The first kappa shape index (κ1) is 28.6. The van der Waals surface area contributed by atoms with Gasteiger partial charge in [-0.15, -0.1) is 11.3 Å². The Balaban J connectivity index is 1.11. The summed E-state index contributed by atoms with van der Waals surface area (Å²) in [5.41, 5.74) is 8.26. The van der Waals surface area contributed by atoms with Crippen LogP contribution in [-0.4, -0.2) is 0 Å². The summed E-state index contributed by atoms with van der Waals surface area (Å²) >= 11 is 1.87. The van der Waals surface area contributed by atoms with Crippen molar-refractivity contribution in [1.82, 2.24) is 0 Å². The van der Waals surface area contributed by atoms with Crippen LogP contribution in [0, 0.1) is 0 Å². The zero-order valence-corrected chi connectivity index (χ0v) is 27.8. The summed E-state index contributed by atoms with van der Waals surface area (Å²) in [6, 6.07) is 64.7. The van der Waals surface area contributed by atoms with Crippen LogP contribution in [0.3, 0.4) is 0 Å². The van der Waals surface area contributed by atoms with E-state index in [1.54, 1.807) is 0 Å². The smallest absolute Gasteiger partial charge is 0.137 e. The summed E-state index contributed by atoms with van der Waals surface area (Å²) < 4.78 is 9.20. The molecule has 0 saturated carbocycles. The minimum Gasteiger partial charge on any atom is -0.456 e. The van der Waals surface area contributed by atoms with Crippen molar-refractivity contribution in [3.8, 4) is 0 Å². The number of furan rings is 1. The number of benzene rings is 8. The van der Waals surface area contributed by atoms with Crippen LogP contribution in [0.2, 0.25) is 0 Å². The lowest BCUT2D eigenvalue weighted by Gasteiger charge is -2.25. The van der Waals surface area contributed by atoms with Gasteiger partial charge in [-0.05, 0) is 95.7 Å². The fraction of sp³-hybridized carbons (Fsp3) is 0. The molecule has 3 nitrogen and oxygen atoms in total. The van der Waals surface area contributed by atoms with Crippen LogP contribution in [0.5, 0.6) is 0 Å². The molecule has 10 rings (SSSR count). The summed E-state index contributed by atoms with van der Waals surface area (Å²) in [4.78, 5) is 4.62. The van der Waals surface area contributed by atoms with Gasteiger partial charge in [0.05, 0.1) is 0 Å². The van der Waals surface area contributed by atoms with E-state index in [2.05, 4.69) is 192 Å². The van der Waals surface area contributed by atoms with Gasteiger partial charge in [-0.3, -0.25) is 0 Å². The first-order valence-electron chi connectivity index (χ1n) is 16.8. The fourth-order valence-electron chi connectivity index (χ4n) is 7.29. The molecule has 0 atom stereocenters. The van der Waals surface area contributed by atoms with Crippen LogP contribution >= 0.6 is 11.3 Å². The quantitative estimate of drug-likeness (QED) is 0.177. The number of rotatable bonds is 6. The number of hydrogen-bond donors (Lipinski definition) is 0. The predicted molar refractivity (Wildman–Crippen MR) is 213 cm³/mol. The van der Waals surface area contributed by atoms with Crippen molar-refractivity contribution in [3.63, 3.8) is 0 Å². The lowest BCUT2D eigenvalue weighted by Crippen LogP contribution is -2.09. The molecule has 0 aliphatic rings. The molecule has 4 heteroatoms. The van der Waals surface area contributed by atoms with Gasteiger partial charge >= 0.3 is 0 Å². The topological polar surface area (TPSA) is 19.6 Å². The summed E-state index contributed by atoms with van der Waals surface area (Å²) in [7, 11) is 0. The Labute approximate surface area is 293 Å². The van der Waals surface area contributed by atoms with E-state index in [0.29, 0.717) is 0 Å². The maximum absolute atomic E-state index is 6.57. The highest BCUT2D eigenvalue weighted by Gasteiger charge is 2.19. The standard InChI is InChI=1S/C46H30N2OS/c1-4-13-32(14-5-1)47(33-15-6-2-7-16-33)35-22-26-43-41(28-35)39-25-21-37(30-44(39)49-43)48(34-17-8-3-9-18-34)36-23-27-45-42(29-36)40-24-20-31-12-10-11-19-38(31)46(40)50-45/h1-30H. The number of nitrogens with zero attached hydrogens (tertiary/aromatic N) is 2. The van der Waals surface area contributed by atoms with Gasteiger partial charge in [-0.25, -0.2) is 0 Å². The van der Waals surface area contributed by atoms with Crippen LogP contribution in [-0.2, 0) is 0 Å². The van der Waals surface area contributed by atoms with Crippen molar-refractivity contribution in [3.05, 3.63) is 182 Å². The van der Waals surface area contributed by atoms with Gasteiger partial charge in [0.2, 0.25) is 0 Å². The summed E-state index contributed by atoms with van der Waals surface area (Å²) in [6.07, 6.45) is 0. The normalized spacial score (nSPS) is 11.6. The number of thiophene rings is 1. The zero-order chi connectivity index (χ0) is 33.0. The Hall–Kier alpha value is -6.36. The van der Waals surface area contributed by atoms with Gasteiger partial charge in [-0.2, -0.15) is 0 Å². The third kappa shape index (κ3) is 4.73. The van der Waals surface area contributed by atoms with E-state index in [4.69, 9.17) is 4.42 Å². The molecule has 0 N–H and O–H groups in total. The molecule has 0 unspecified atom stereocenters. The molecule has 0 aliphatic carbocycles. The van der Waals surface area contributed by atoms with E-state index in [1.807, 2.05) is 11.3 Å². The van der Waals surface area contributed by atoms with E-state index < -0.39 is 0 Å². The second kappa shape index (κ2) is 11.7. The minimum absolute atomic E-state index is 0.857. The van der Waals surface area contributed by atoms with Gasteiger partial charge in [0.15, 0.2) is 0 Å². The first-order valence-corrected chi connectivity index (χ1v) is 17.7. The summed E-state index contributed by atoms with van der Waals surface area (Å²) in [5.74, 6) is 0. The molecule has 0 bridgehead atoms. The van der Waals surface area contributed by atoms with Crippen molar-refractivity contribution in [2.45, 2.75) is 0 Å². The Kier molecular flexibility index (Phi) is 6.68. The van der Waals surface area contributed by atoms with Gasteiger partial charge in [0, 0.05) is 71.1 Å². The Morgan fingerprint density at radius 2 is 0.880 bits per heavy atom. The highest BCUT2D eigenvalue weighted by molar-refractivity contribution is 7.26. The molecule has 0 aliphatic heterocycles. The maximum Gasteiger partial charge on any atom is 0.137 e. The Morgan fingerprint density at radius 1 is 0.340 bits per heavy atom. The van der Waals surface area contributed by atoms with Gasteiger partial charge in [0.1, 0.15) is 11.2 Å². The first-order chi connectivity index (χ1) is 24.8. The zero-order valence-electron chi connectivity index (χ0n) is 27.0. The highest BCUT2D eigenvalue weighted by atomic mass is 32.1. The molecule has 10 aromatic rings. The van der Waals surface area contributed by atoms with E-state index in [-0.39, 0.29) is 0 Å². The minimum atomic E-state index is 0.857. The van der Waals surface area contributed by atoms with E-state index in [9.17, 15) is 0 Å². The lowest BCUT2D eigenvalue weighted by molar-refractivity contribution is 0.669. The third-order valence-electron chi connectivity index (χ3n) is 9.60. The van der Waals surface area contributed by atoms with Crippen molar-refractivity contribution >= 4 is 98.3 Å². The number of para-hydroxylation sites is 3. The Morgan fingerprint density at radius 3 is 1.58 bits per heavy atom. The number of hydrogen-bond acceptors (Lipinski definition) is 4. The molecule has 0 radical (unpaired) electrons. The third-order valence-corrected chi connectivity index (χ3v) is 10.8. The average molecular weight is 659 g/mol. The van der Waals surface area contributed by atoms with Crippen LogP contribution in [0.15, 0.2) is 186 Å². The maximum atomic E-state index is 6.57. The Bertz CT molecular complexity index is 2780. The van der Waals surface area contributed by atoms with Crippen molar-refractivity contribution in [2.24, 2.45) is 0 Å². The average Bonchev–Trinajstić information content (AvgIpc) is 3.74. The highest BCUT2D eigenvalue weighted by Crippen LogP contribution is 2.44. The number of fused-ring (bicyclic) bond motifs is 8. The second-order valence-corrected chi connectivity index (χ2v) is 13.6. The van der Waals surface area contributed by atoms with Crippen LogP contribution < -0.4 is 9.80 Å². The van der Waals surface area contributed by atoms with Crippen LogP contribution in [0.25, 0.3) is 52.9 Å². The monoisotopic (exact) mass is 658 g/mol. The molecule has 236 valence electrons. The van der Waals surface area contributed by atoms with Crippen molar-refractivity contribution in [2.75, 3.05) is 9.80 Å². The predicted octanol–water partition coefficient (Wildman–Crippen LogP) is 14.0. The second-order valence-electron chi connectivity index (χ2n) is 12.6. The molecular formula is C46H30N2OS.